The van der Waals surface area contributed by atoms with E-state index >= 15 is 0 Å². The van der Waals surface area contributed by atoms with Crippen LogP contribution in [-0.2, 0) is 0 Å². The first-order valence-electron chi connectivity index (χ1n) is 10.5. The van der Waals surface area contributed by atoms with Gasteiger partial charge in [0, 0.05) is 36.1 Å². The van der Waals surface area contributed by atoms with E-state index in [1.165, 1.54) is 51.9 Å². The molecule has 2 heterocycles. The van der Waals surface area contributed by atoms with Gasteiger partial charge < -0.3 is 25.0 Å². The number of nitrogens with one attached hydrogen (secondary N) is 1. The van der Waals surface area contributed by atoms with Crippen molar-refractivity contribution in [3.05, 3.63) is 47.8 Å². The van der Waals surface area contributed by atoms with Crippen LogP contribution in [0.1, 0.15) is 36.0 Å². The summed E-state index contributed by atoms with van der Waals surface area (Å²) in [6, 6.07) is 10.7. The van der Waals surface area contributed by atoms with Crippen LogP contribution in [0.5, 0.6) is 11.5 Å². The first kappa shape index (κ1) is 20.5. The second kappa shape index (κ2) is 8.92. The van der Waals surface area contributed by atoms with Crippen molar-refractivity contribution in [2.75, 3.05) is 43.5 Å². The Hall–Kier alpha value is -2.80. The number of nitrogens with zero attached hydrogens (tertiary/aromatic N) is 2. The normalized spacial score (nSPS) is 17.9. The summed E-state index contributed by atoms with van der Waals surface area (Å²) in [5.74, 6) is -2.04. The highest BCUT2D eigenvalue weighted by Gasteiger charge is 2.26. The van der Waals surface area contributed by atoms with E-state index in [0.717, 1.165) is 24.8 Å². The lowest BCUT2D eigenvalue weighted by molar-refractivity contribution is 0.102. The van der Waals surface area contributed by atoms with Crippen LogP contribution >= 0.6 is 0 Å². The van der Waals surface area contributed by atoms with E-state index in [1.54, 1.807) is 0 Å². The molecule has 0 bridgehead atoms. The van der Waals surface area contributed by atoms with E-state index in [-0.39, 0.29) is 11.3 Å². The number of carbonyl (C=O) groups excluding carboxylic acids is 1. The molecular formula is C23H28FN3O3. The fourth-order valence-electron chi connectivity index (χ4n) is 4.42. The third-order valence-electron chi connectivity index (χ3n) is 6.12. The van der Waals surface area contributed by atoms with Gasteiger partial charge in [-0.15, -0.1) is 0 Å². The molecule has 0 spiro atoms. The minimum atomic E-state index is -0.896. The molecule has 0 saturated carbocycles. The number of rotatable bonds is 5. The Morgan fingerprint density at radius 3 is 2.40 bits per heavy atom. The van der Waals surface area contributed by atoms with Gasteiger partial charge in [0.15, 0.2) is 17.3 Å². The maximum Gasteiger partial charge on any atom is 0.255 e. The van der Waals surface area contributed by atoms with E-state index < -0.39 is 17.5 Å². The number of ether oxygens (including phenoxy) is 1. The molecule has 0 aromatic heterocycles. The summed E-state index contributed by atoms with van der Waals surface area (Å²) >= 11 is 0. The van der Waals surface area contributed by atoms with Crippen molar-refractivity contribution in [3.8, 4) is 11.5 Å². The van der Waals surface area contributed by atoms with Crippen LogP contribution in [0.3, 0.4) is 0 Å². The molecule has 2 aliphatic heterocycles. The zero-order valence-electron chi connectivity index (χ0n) is 17.2. The van der Waals surface area contributed by atoms with Crippen molar-refractivity contribution in [3.63, 3.8) is 0 Å². The highest BCUT2D eigenvalue weighted by atomic mass is 19.1. The van der Waals surface area contributed by atoms with Gasteiger partial charge in [-0.2, -0.15) is 0 Å². The topological polar surface area (TPSA) is 65.0 Å². The first-order valence-corrected chi connectivity index (χ1v) is 10.5. The molecule has 30 heavy (non-hydrogen) atoms. The Morgan fingerprint density at radius 2 is 1.77 bits per heavy atom. The number of hydrogen-bond donors (Lipinski definition) is 2. The lowest BCUT2D eigenvalue weighted by Gasteiger charge is -2.37. The molecule has 0 atom stereocenters. The van der Waals surface area contributed by atoms with E-state index in [1.807, 2.05) is 24.3 Å². The Labute approximate surface area is 176 Å². The van der Waals surface area contributed by atoms with Crippen molar-refractivity contribution in [1.82, 2.24) is 4.90 Å². The van der Waals surface area contributed by atoms with Gasteiger partial charge in [-0.1, -0.05) is 0 Å². The number of likely N-dealkylation sites (tertiary alicyclic amines) is 1. The lowest BCUT2D eigenvalue weighted by Crippen LogP contribution is -2.43. The summed E-state index contributed by atoms with van der Waals surface area (Å²) in [7, 11) is 1.31. The van der Waals surface area contributed by atoms with E-state index in [2.05, 4.69) is 15.1 Å². The SMILES string of the molecule is COc1cc(C(=O)Nc2ccc(N3CCC(N4CCCC4)CC3)cc2)cc(F)c1O. The summed E-state index contributed by atoms with van der Waals surface area (Å²) in [5.41, 5.74) is 1.85. The molecule has 160 valence electrons. The molecular weight excluding hydrogens is 385 g/mol. The van der Waals surface area contributed by atoms with Crippen LogP contribution < -0.4 is 15.0 Å². The van der Waals surface area contributed by atoms with Crippen LogP contribution in [0, 0.1) is 5.82 Å². The van der Waals surface area contributed by atoms with Gasteiger partial charge in [-0.05, 0) is 75.2 Å². The second-order valence-electron chi connectivity index (χ2n) is 7.97. The van der Waals surface area contributed by atoms with Crippen LogP contribution in [0.25, 0.3) is 0 Å². The minimum Gasteiger partial charge on any atom is -0.502 e. The molecule has 2 aromatic carbocycles. The molecule has 0 aliphatic carbocycles. The summed E-state index contributed by atoms with van der Waals surface area (Å²) in [5, 5.41) is 12.3. The smallest absolute Gasteiger partial charge is 0.255 e. The number of aromatic hydroxyl groups is 1. The molecule has 2 N–H and O–H groups in total. The molecule has 2 saturated heterocycles. The van der Waals surface area contributed by atoms with Crippen molar-refractivity contribution in [2.24, 2.45) is 0 Å². The largest absolute Gasteiger partial charge is 0.502 e. The maximum atomic E-state index is 13.8. The predicted octanol–water partition coefficient (Wildman–Crippen LogP) is 3.86. The number of carbonyl (C=O) groups is 1. The van der Waals surface area contributed by atoms with Gasteiger partial charge in [0.2, 0.25) is 0 Å². The average Bonchev–Trinajstić information content (AvgIpc) is 3.31. The molecule has 0 unspecified atom stereocenters. The van der Waals surface area contributed by atoms with E-state index in [9.17, 15) is 14.3 Å². The Morgan fingerprint density at radius 1 is 1.10 bits per heavy atom. The number of hydrogen-bond acceptors (Lipinski definition) is 5. The fraction of sp³-hybridized carbons (Fsp3) is 0.435. The number of amides is 1. The van der Waals surface area contributed by atoms with Crippen molar-refractivity contribution in [2.45, 2.75) is 31.7 Å². The third-order valence-corrected chi connectivity index (χ3v) is 6.12. The second-order valence-corrected chi connectivity index (χ2v) is 7.97. The molecule has 2 aliphatic rings. The summed E-state index contributed by atoms with van der Waals surface area (Å²) in [4.78, 5) is 17.5. The summed E-state index contributed by atoms with van der Waals surface area (Å²) in [6.07, 6.45) is 5.04. The molecule has 4 rings (SSSR count). The molecule has 6 nitrogen and oxygen atoms in total. The average molecular weight is 413 g/mol. The van der Waals surface area contributed by atoms with Crippen LogP contribution in [0.2, 0.25) is 0 Å². The number of methoxy groups -OCH3 is 1. The molecule has 2 fully saturated rings. The van der Waals surface area contributed by atoms with Gasteiger partial charge in [-0.3, -0.25) is 4.79 Å². The van der Waals surface area contributed by atoms with Crippen molar-refractivity contribution >= 4 is 17.3 Å². The first-order chi connectivity index (χ1) is 14.5. The maximum absolute atomic E-state index is 13.8. The van der Waals surface area contributed by atoms with E-state index in [4.69, 9.17) is 4.74 Å². The monoisotopic (exact) mass is 413 g/mol. The third kappa shape index (κ3) is 4.36. The van der Waals surface area contributed by atoms with Gasteiger partial charge in [0.05, 0.1) is 7.11 Å². The lowest BCUT2D eigenvalue weighted by atomic mass is 10.0. The van der Waals surface area contributed by atoms with Crippen LogP contribution in [0.4, 0.5) is 15.8 Å². The highest BCUT2D eigenvalue weighted by molar-refractivity contribution is 6.04. The highest BCUT2D eigenvalue weighted by Crippen LogP contribution is 2.31. The number of anilines is 2. The number of piperidine rings is 1. The van der Waals surface area contributed by atoms with Crippen molar-refractivity contribution in [1.29, 1.82) is 0 Å². The van der Waals surface area contributed by atoms with Gasteiger partial charge in [0.1, 0.15) is 0 Å². The Bertz CT molecular complexity index is 889. The molecule has 0 radical (unpaired) electrons. The fourth-order valence-corrected chi connectivity index (χ4v) is 4.42. The Balaban J connectivity index is 1.36. The zero-order valence-corrected chi connectivity index (χ0v) is 17.2. The summed E-state index contributed by atoms with van der Waals surface area (Å²) < 4.78 is 18.7. The Kier molecular flexibility index (Phi) is 6.08. The number of phenolic OH excluding ortho intramolecular Hbond substituents is 1. The standard InChI is InChI=1S/C23H28FN3O3/c1-30-21-15-16(14-20(24)22(21)28)23(29)25-17-4-6-18(7-5-17)27-12-8-19(9-13-27)26-10-2-3-11-26/h4-7,14-15,19,28H,2-3,8-13H2,1H3,(H,25,29). The number of halogens is 1. The number of benzene rings is 2. The number of phenols is 1. The van der Waals surface area contributed by atoms with Gasteiger partial charge >= 0.3 is 0 Å². The minimum absolute atomic E-state index is 0.0761. The van der Waals surface area contributed by atoms with E-state index in [0.29, 0.717) is 11.7 Å². The van der Waals surface area contributed by atoms with Crippen molar-refractivity contribution < 1.29 is 19.0 Å². The predicted molar refractivity (Wildman–Crippen MR) is 115 cm³/mol. The van der Waals surface area contributed by atoms with Crippen LogP contribution in [-0.4, -0.2) is 55.2 Å². The quantitative estimate of drug-likeness (QED) is 0.779. The zero-order chi connectivity index (χ0) is 21.1. The van der Waals surface area contributed by atoms with Crippen LogP contribution in [0.15, 0.2) is 36.4 Å². The molecule has 2 aromatic rings. The van der Waals surface area contributed by atoms with Gasteiger partial charge in [-0.25, -0.2) is 4.39 Å². The summed E-state index contributed by atoms with van der Waals surface area (Å²) in [6.45, 7) is 4.57. The molecule has 1 amide bonds. The molecule has 7 heteroatoms. The van der Waals surface area contributed by atoms with Gasteiger partial charge in [0.25, 0.3) is 5.91 Å².